The Balaban J connectivity index is 1.62. The Kier molecular flexibility index (Phi) is 7.24. The quantitative estimate of drug-likeness (QED) is 0.488. The number of nitrogens with zero attached hydrogens (tertiary/aromatic N) is 2. The molecule has 1 amide bonds. The summed E-state index contributed by atoms with van der Waals surface area (Å²) >= 11 is 0. The van der Waals surface area contributed by atoms with Crippen LogP contribution in [0.1, 0.15) is 60.8 Å². The molecule has 2 aromatic carbocycles. The predicted molar refractivity (Wildman–Crippen MR) is 116 cm³/mol. The largest absolute Gasteiger partial charge is 0.352 e. The molecule has 0 radical (unpaired) electrons. The number of aryl methyl sites for hydroxylation is 2. The van der Waals surface area contributed by atoms with E-state index in [1.807, 2.05) is 37.3 Å². The number of rotatable bonds is 10. The molecule has 0 saturated heterocycles. The highest BCUT2D eigenvalue weighted by Crippen LogP contribution is 2.18. The summed E-state index contributed by atoms with van der Waals surface area (Å²) in [4.78, 5) is 17.2. The molecule has 0 aliphatic carbocycles. The van der Waals surface area contributed by atoms with Gasteiger partial charge in [0.15, 0.2) is 0 Å². The Morgan fingerprint density at radius 3 is 2.54 bits per heavy atom. The van der Waals surface area contributed by atoms with Gasteiger partial charge in [0.25, 0.3) is 5.91 Å². The van der Waals surface area contributed by atoms with Crippen molar-refractivity contribution in [3.63, 3.8) is 0 Å². The second-order valence-electron chi connectivity index (χ2n) is 7.45. The number of unbranched alkanes of at least 4 members (excludes halogenated alkanes) is 4. The van der Waals surface area contributed by atoms with Crippen molar-refractivity contribution in [1.82, 2.24) is 14.9 Å². The highest BCUT2D eigenvalue weighted by Gasteiger charge is 2.11. The summed E-state index contributed by atoms with van der Waals surface area (Å²) < 4.78 is 2.33. The van der Waals surface area contributed by atoms with Gasteiger partial charge in [-0.05, 0) is 37.6 Å². The highest BCUT2D eigenvalue weighted by atomic mass is 16.1. The van der Waals surface area contributed by atoms with E-state index in [-0.39, 0.29) is 5.91 Å². The van der Waals surface area contributed by atoms with Gasteiger partial charge in [0.1, 0.15) is 5.82 Å². The van der Waals surface area contributed by atoms with Gasteiger partial charge < -0.3 is 9.88 Å². The first-order chi connectivity index (χ1) is 13.7. The number of amides is 1. The van der Waals surface area contributed by atoms with Crippen molar-refractivity contribution in [2.24, 2.45) is 0 Å². The van der Waals surface area contributed by atoms with Crippen molar-refractivity contribution < 1.29 is 4.79 Å². The van der Waals surface area contributed by atoms with Crippen molar-refractivity contribution in [3.8, 4) is 0 Å². The summed E-state index contributed by atoms with van der Waals surface area (Å²) in [6.45, 7) is 5.85. The van der Waals surface area contributed by atoms with E-state index in [2.05, 4.69) is 35.0 Å². The van der Waals surface area contributed by atoms with E-state index in [1.165, 1.54) is 37.6 Å². The van der Waals surface area contributed by atoms with Crippen molar-refractivity contribution >= 4 is 16.9 Å². The van der Waals surface area contributed by atoms with Crippen molar-refractivity contribution in [2.45, 2.75) is 58.9 Å². The third-order valence-corrected chi connectivity index (χ3v) is 5.17. The van der Waals surface area contributed by atoms with Crippen LogP contribution in [0.2, 0.25) is 0 Å². The lowest BCUT2D eigenvalue weighted by Crippen LogP contribution is -2.26. The minimum absolute atomic E-state index is 0.0257. The fourth-order valence-electron chi connectivity index (χ4n) is 3.53. The zero-order chi connectivity index (χ0) is 19.8. The number of hydrogen-bond acceptors (Lipinski definition) is 2. The van der Waals surface area contributed by atoms with Crippen LogP contribution < -0.4 is 5.32 Å². The summed E-state index contributed by atoms with van der Waals surface area (Å²) in [5.74, 6) is 1.03. The van der Waals surface area contributed by atoms with Crippen LogP contribution in [0.5, 0.6) is 0 Å². The molecule has 1 N–H and O–H groups in total. The molecular formula is C24H31N3O. The smallest absolute Gasteiger partial charge is 0.251 e. The van der Waals surface area contributed by atoms with E-state index in [0.29, 0.717) is 12.1 Å². The highest BCUT2D eigenvalue weighted by molar-refractivity contribution is 5.94. The van der Waals surface area contributed by atoms with Gasteiger partial charge in [-0.1, -0.05) is 62.4 Å². The molecule has 3 rings (SSSR count). The van der Waals surface area contributed by atoms with Crippen LogP contribution in [0.3, 0.4) is 0 Å². The van der Waals surface area contributed by atoms with Gasteiger partial charge in [-0.2, -0.15) is 0 Å². The minimum atomic E-state index is -0.0257. The summed E-state index contributed by atoms with van der Waals surface area (Å²) in [5.41, 5.74) is 4.09. The van der Waals surface area contributed by atoms with Gasteiger partial charge in [0.2, 0.25) is 0 Å². The van der Waals surface area contributed by atoms with Crippen LogP contribution in [-0.2, 0) is 13.0 Å². The van der Waals surface area contributed by atoms with E-state index >= 15 is 0 Å². The molecule has 148 valence electrons. The average Bonchev–Trinajstić information content (AvgIpc) is 3.06. The van der Waals surface area contributed by atoms with Crippen LogP contribution in [0.4, 0.5) is 0 Å². The maximum absolute atomic E-state index is 12.3. The van der Waals surface area contributed by atoms with Gasteiger partial charge in [-0.25, -0.2) is 4.98 Å². The minimum Gasteiger partial charge on any atom is -0.352 e. The molecule has 4 heteroatoms. The first-order valence-corrected chi connectivity index (χ1v) is 10.5. The topological polar surface area (TPSA) is 46.9 Å². The molecule has 0 aliphatic rings. The number of hydrogen-bond donors (Lipinski definition) is 1. The van der Waals surface area contributed by atoms with E-state index in [9.17, 15) is 4.79 Å². The number of aromatic nitrogens is 2. The second kappa shape index (κ2) is 10.1. The van der Waals surface area contributed by atoms with Crippen LogP contribution in [-0.4, -0.2) is 22.0 Å². The Labute approximate surface area is 168 Å². The molecule has 0 spiro atoms. The van der Waals surface area contributed by atoms with Gasteiger partial charge in [-0.15, -0.1) is 0 Å². The maximum atomic E-state index is 12.3. The summed E-state index contributed by atoms with van der Waals surface area (Å²) in [6, 6.07) is 16.0. The van der Waals surface area contributed by atoms with E-state index in [4.69, 9.17) is 4.98 Å². The standard InChI is InChI=1S/C24H31N3O/c1-3-4-5-6-9-18-27-22-11-8-7-10-21(22)26-23(27)16-17-25-24(28)20-14-12-19(2)13-15-20/h7-8,10-15H,3-6,9,16-18H2,1-2H3,(H,25,28). The van der Waals surface area contributed by atoms with Crippen molar-refractivity contribution in [3.05, 3.63) is 65.5 Å². The van der Waals surface area contributed by atoms with E-state index in [0.717, 1.165) is 29.9 Å². The van der Waals surface area contributed by atoms with Gasteiger partial charge in [0.05, 0.1) is 11.0 Å². The SMILES string of the molecule is CCCCCCCn1c(CCNC(=O)c2ccc(C)cc2)nc2ccccc21. The number of nitrogens with one attached hydrogen (secondary N) is 1. The zero-order valence-electron chi connectivity index (χ0n) is 17.1. The van der Waals surface area contributed by atoms with E-state index in [1.54, 1.807) is 0 Å². The number of imidazole rings is 1. The third kappa shape index (κ3) is 5.22. The van der Waals surface area contributed by atoms with Crippen LogP contribution in [0.15, 0.2) is 48.5 Å². The molecule has 0 atom stereocenters. The first kappa shape index (κ1) is 20.1. The molecule has 28 heavy (non-hydrogen) atoms. The van der Waals surface area contributed by atoms with E-state index < -0.39 is 0 Å². The Bertz CT molecular complexity index is 896. The zero-order valence-corrected chi connectivity index (χ0v) is 17.1. The normalized spacial score (nSPS) is 11.1. The molecule has 0 aliphatic heterocycles. The van der Waals surface area contributed by atoms with Crippen LogP contribution in [0.25, 0.3) is 11.0 Å². The fraction of sp³-hybridized carbons (Fsp3) is 0.417. The number of carbonyl (C=O) groups excluding carboxylic acids is 1. The lowest BCUT2D eigenvalue weighted by atomic mass is 10.1. The molecule has 0 saturated carbocycles. The van der Waals surface area contributed by atoms with Crippen molar-refractivity contribution in [1.29, 1.82) is 0 Å². The third-order valence-electron chi connectivity index (χ3n) is 5.17. The number of benzene rings is 2. The lowest BCUT2D eigenvalue weighted by molar-refractivity contribution is 0.0954. The van der Waals surface area contributed by atoms with Gasteiger partial charge in [-0.3, -0.25) is 4.79 Å². The first-order valence-electron chi connectivity index (χ1n) is 10.5. The molecule has 1 aromatic heterocycles. The molecule has 0 fully saturated rings. The van der Waals surface area contributed by atoms with Gasteiger partial charge >= 0.3 is 0 Å². The van der Waals surface area contributed by atoms with Gasteiger partial charge in [0, 0.05) is 25.1 Å². The van der Waals surface area contributed by atoms with Crippen molar-refractivity contribution in [2.75, 3.05) is 6.54 Å². The molecule has 0 unspecified atom stereocenters. The summed E-state index contributed by atoms with van der Waals surface area (Å²) in [7, 11) is 0. The molecule has 1 heterocycles. The van der Waals surface area contributed by atoms with Crippen LogP contribution in [0, 0.1) is 6.92 Å². The number of fused-ring (bicyclic) bond motifs is 1. The Morgan fingerprint density at radius 1 is 1.00 bits per heavy atom. The molecule has 3 aromatic rings. The number of para-hydroxylation sites is 2. The summed E-state index contributed by atoms with van der Waals surface area (Å²) in [6.07, 6.45) is 7.03. The molecular weight excluding hydrogens is 346 g/mol. The maximum Gasteiger partial charge on any atom is 0.251 e. The Morgan fingerprint density at radius 2 is 1.75 bits per heavy atom. The lowest BCUT2D eigenvalue weighted by Gasteiger charge is -2.10. The second-order valence-corrected chi connectivity index (χ2v) is 7.45. The number of carbonyl (C=O) groups is 1. The van der Waals surface area contributed by atoms with Crippen LogP contribution >= 0.6 is 0 Å². The summed E-state index contributed by atoms with van der Waals surface area (Å²) in [5, 5.41) is 3.03. The predicted octanol–water partition coefficient (Wildman–Crippen LogP) is 5.29. The monoisotopic (exact) mass is 377 g/mol. The Hall–Kier alpha value is -2.62. The molecule has 0 bridgehead atoms. The fourth-order valence-corrected chi connectivity index (χ4v) is 3.53. The molecule has 4 nitrogen and oxygen atoms in total. The average molecular weight is 378 g/mol.